The SMILES string of the molecule is CC1CCN(Cc2cccc(F)c2)CC1N. The molecule has 0 amide bonds. The van der Waals surface area contributed by atoms with Crippen LogP contribution in [-0.4, -0.2) is 24.0 Å². The lowest BCUT2D eigenvalue weighted by Crippen LogP contribution is -2.47. The standard InChI is InChI=1S/C13H19FN2/c1-10-5-6-16(9-13(10)15)8-11-3-2-4-12(14)7-11/h2-4,7,10,13H,5-6,8-9,15H2,1H3. The number of hydrogen-bond acceptors (Lipinski definition) is 2. The number of piperidine rings is 1. The summed E-state index contributed by atoms with van der Waals surface area (Å²) < 4.78 is 13.0. The van der Waals surface area contributed by atoms with Crippen molar-refractivity contribution in [1.29, 1.82) is 0 Å². The van der Waals surface area contributed by atoms with Crippen molar-refractivity contribution in [2.24, 2.45) is 11.7 Å². The molecule has 2 nitrogen and oxygen atoms in total. The molecular formula is C13H19FN2. The van der Waals surface area contributed by atoms with Crippen molar-refractivity contribution in [3.05, 3.63) is 35.6 Å². The maximum Gasteiger partial charge on any atom is 0.123 e. The van der Waals surface area contributed by atoms with Crippen LogP contribution in [0.4, 0.5) is 4.39 Å². The summed E-state index contributed by atoms with van der Waals surface area (Å²) in [6, 6.07) is 7.06. The van der Waals surface area contributed by atoms with E-state index < -0.39 is 0 Å². The van der Waals surface area contributed by atoms with Crippen molar-refractivity contribution in [3.8, 4) is 0 Å². The molecule has 0 saturated carbocycles. The third kappa shape index (κ3) is 2.80. The van der Waals surface area contributed by atoms with E-state index in [1.54, 1.807) is 12.1 Å². The molecule has 0 spiro atoms. The number of nitrogens with zero attached hydrogens (tertiary/aromatic N) is 1. The topological polar surface area (TPSA) is 29.3 Å². The second-order valence-corrected chi connectivity index (χ2v) is 4.79. The number of nitrogens with two attached hydrogens (primary N) is 1. The van der Waals surface area contributed by atoms with Crippen LogP contribution < -0.4 is 5.73 Å². The van der Waals surface area contributed by atoms with Crippen LogP contribution in [-0.2, 0) is 6.54 Å². The zero-order valence-electron chi connectivity index (χ0n) is 9.70. The van der Waals surface area contributed by atoms with Crippen molar-refractivity contribution in [2.75, 3.05) is 13.1 Å². The van der Waals surface area contributed by atoms with E-state index in [0.717, 1.165) is 31.6 Å². The number of benzene rings is 1. The number of rotatable bonds is 2. The van der Waals surface area contributed by atoms with Crippen molar-refractivity contribution < 1.29 is 4.39 Å². The van der Waals surface area contributed by atoms with Crippen molar-refractivity contribution in [2.45, 2.75) is 25.9 Å². The Hall–Kier alpha value is -0.930. The summed E-state index contributed by atoms with van der Waals surface area (Å²) in [6.45, 7) is 4.98. The zero-order chi connectivity index (χ0) is 11.5. The highest BCUT2D eigenvalue weighted by atomic mass is 19.1. The van der Waals surface area contributed by atoms with Gasteiger partial charge in [0, 0.05) is 19.1 Å². The maximum atomic E-state index is 13.0. The third-order valence-electron chi connectivity index (χ3n) is 3.40. The first-order chi connectivity index (χ1) is 7.65. The van der Waals surface area contributed by atoms with E-state index in [0.29, 0.717) is 5.92 Å². The van der Waals surface area contributed by atoms with Gasteiger partial charge < -0.3 is 5.73 Å². The molecule has 0 bridgehead atoms. The van der Waals surface area contributed by atoms with Gasteiger partial charge in [0.25, 0.3) is 0 Å². The Balaban J connectivity index is 1.95. The fourth-order valence-electron chi connectivity index (χ4n) is 2.21. The largest absolute Gasteiger partial charge is 0.326 e. The van der Waals surface area contributed by atoms with Crippen molar-refractivity contribution >= 4 is 0 Å². The number of halogens is 1. The van der Waals surface area contributed by atoms with Crippen LogP contribution in [0.25, 0.3) is 0 Å². The molecule has 2 rings (SSSR count). The second kappa shape index (κ2) is 4.93. The minimum absolute atomic E-state index is 0.160. The molecule has 3 heteroatoms. The first kappa shape index (κ1) is 11.6. The van der Waals surface area contributed by atoms with Crippen LogP contribution in [0.15, 0.2) is 24.3 Å². The average Bonchev–Trinajstić information content (AvgIpc) is 2.24. The molecule has 1 aromatic rings. The Bertz CT molecular complexity index is 354. The molecule has 1 aromatic carbocycles. The van der Waals surface area contributed by atoms with E-state index in [2.05, 4.69) is 11.8 Å². The molecule has 0 radical (unpaired) electrons. The summed E-state index contributed by atoms with van der Waals surface area (Å²) in [5.41, 5.74) is 7.07. The van der Waals surface area contributed by atoms with Gasteiger partial charge in [0.1, 0.15) is 5.82 Å². The van der Waals surface area contributed by atoms with Crippen LogP contribution in [0.1, 0.15) is 18.9 Å². The van der Waals surface area contributed by atoms with Crippen molar-refractivity contribution in [1.82, 2.24) is 4.90 Å². The fourth-order valence-corrected chi connectivity index (χ4v) is 2.21. The lowest BCUT2D eigenvalue weighted by molar-refractivity contribution is 0.162. The van der Waals surface area contributed by atoms with Crippen LogP contribution in [0.3, 0.4) is 0 Å². The molecule has 88 valence electrons. The van der Waals surface area contributed by atoms with Gasteiger partial charge in [-0.05, 0) is 36.6 Å². The first-order valence-electron chi connectivity index (χ1n) is 5.87. The highest BCUT2D eigenvalue weighted by Gasteiger charge is 2.22. The number of hydrogen-bond donors (Lipinski definition) is 1. The van der Waals surface area contributed by atoms with Gasteiger partial charge in [-0.25, -0.2) is 4.39 Å². The molecule has 1 saturated heterocycles. The summed E-state index contributed by atoms with van der Waals surface area (Å²) in [6.07, 6.45) is 1.14. The van der Waals surface area contributed by atoms with E-state index >= 15 is 0 Å². The van der Waals surface area contributed by atoms with Gasteiger partial charge >= 0.3 is 0 Å². The van der Waals surface area contributed by atoms with Crippen LogP contribution in [0.5, 0.6) is 0 Å². The Morgan fingerprint density at radius 1 is 1.50 bits per heavy atom. The Labute approximate surface area is 96.2 Å². The normalized spacial score (nSPS) is 26.9. The fraction of sp³-hybridized carbons (Fsp3) is 0.538. The highest BCUT2D eigenvalue weighted by Crippen LogP contribution is 2.17. The average molecular weight is 222 g/mol. The number of likely N-dealkylation sites (tertiary alicyclic amines) is 1. The molecular weight excluding hydrogens is 203 g/mol. The monoisotopic (exact) mass is 222 g/mol. The Kier molecular flexibility index (Phi) is 3.56. The molecule has 0 aliphatic carbocycles. The molecule has 2 atom stereocenters. The van der Waals surface area contributed by atoms with E-state index in [1.165, 1.54) is 6.07 Å². The Morgan fingerprint density at radius 3 is 3.00 bits per heavy atom. The Morgan fingerprint density at radius 2 is 2.31 bits per heavy atom. The molecule has 2 unspecified atom stereocenters. The molecule has 2 N–H and O–H groups in total. The predicted octanol–water partition coefficient (Wildman–Crippen LogP) is 1.99. The highest BCUT2D eigenvalue weighted by molar-refractivity contribution is 5.16. The predicted molar refractivity (Wildman–Crippen MR) is 63.4 cm³/mol. The lowest BCUT2D eigenvalue weighted by atomic mass is 9.94. The molecule has 0 aromatic heterocycles. The van der Waals surface area contributed by atoms with Gasteiger partial charge in [-0.3, -0.25) is 4.90 Å². The van der Waals surface area contributed by atoms with Crippen LogP contribution >= 0.6 is 0 Å². The minimum atomic E-state index is -0.160. The zero-order valence-corrected chi connectivity index (χ0v) is 9.70. The summed E-state index contributed by atoms with van der Waals surface area (Å²) in [5.74, 6) is 0.441. The van der Waals surface area contributed by atoms with Crippen molar-refractivity contribution in [3.63, 3.8) is 0 Å². The quantitative estimate of drug-likeness (QED) is 0.829. The first-order valence-corrected chi connectivity index (χ1v) is 5.87. The minimum Gasteiger partial charge on any atom is -0.326 e. The van der Waals surface area contributed by atoms with E-state index in [1.807, 2.05) is 6.07 Å². The molecule has 16 heavy (non-hydrogen) atoms. The maximum absolute atomic E-state index is 13.0. The summed E-state index contributed by atoms with van der Waals surface area (Å²) in [4.78, 5) is 2.30. The molecule has 1 aliphatic heterocycles. The van der Waals surface area contributed by atoms with Gasteiger partial charge in [0.2, 0.25) is 0 Å². The van der Waals surface area contributed by atoms with Crippen LogP contribution in [0.2, 0.25) is 0 Å². The van der Waals surface area contributed by atoms with Gasteiger partial charge in [-0.15, -0.1) is 0 Å². The summed E-state index contributed by atoms with van der Waals surface area (Å²) in [7, 11) is 0. The van der Waals surface area contributed by atoms with Crippen LogP contribution in [0, 0.1) is 11.7 Å². The summed E-state index contributed by atoms with van der Waals surface area (Å²) in [5, 5.41) is 0. The molecule has 1 heterocycles. The van der Waals surface area contributed by atoms with E-state index in [4.69, 9.17) is 5.73 Å². The lowest BCUT2D eigenvalue weighted by Gasteiger charge is -2.35. The van der Waals surface area contributed by atoms with Gasteiger partial charge in [-0.2, -0.15) is 0 Å². The molecule has 1 aliphatic rings. The molecule has 1 fully saturated rings. The van der Waals surface area contributed by atoms with Gasteiger partial charge in [0.05, 0.1) is 0 Å². The summed E-state index contributed by atoms with van der Waals surface area (Å²) >= 11 is 0. The van der Waals surface area contributed by atoms with E-state index in [9.17, 15) is 4.39 Å². The third-order valence-corrected chi connectivity index (χ3v) is 3.40. The second-order valence-electron chi connectivity index (χ2n) is 4.79. The van der Waals surface area contributed by atoms with Gasteiger partial charge in [0.15, 0.2) is 0 Å². The van der Waals surface area contributed by atoms with E-state index in [-0.39, 0.29) is 11.9 Å². The van der Waals surface area contributed by atoms with Gasteiger partial charge in [-0.1, -0.05) is 19.1 Å². The smallest absolute Gasteiger partial charge is 0.123 e.